The van der Waals surface area contributed by atoms with Crippen LogP contribution in [-0.2, 0) is 10.4 Å². The Balaban J connectivity index is 1.81. The summed E-state index contributed by atoms with van der Waals surface area (Å²) in [7, 11) is 1.47. The minimum Gasteiger partial charge on any atom is -0.497 e. The summed E-state index contributed by atoms with van der Waals surface area (Å²) in [6.07, 6.45) is 1.49. The van der Waals surface area contributed by atoms with Crippen molar-refractivity contribution in [2.75, 3.05) is 12.9 Å². The molecule has 2 atom stereocenters. The molecule has 4 nitrogen and oxygen atoms in total. The number of thiol groups is 1. The third-order valence-corrected chi connectivity index (χ3v) is 6.53. The van der Waals surface area contributed by atoms with Crippen LogP contribution in [0.15, 0.2) is 24.3 Å². The fourth-order valence-electron chi connectivity index (χ4n) is 4.84. The molecule has 0 spiro atoms. The number of halogens is 5. The number of methoxy groups -OCH3 is 1. The number of hydrogen-bond acceptors (Lipinski definition) is 4. The van der Waals surface area contributed by atoms with E-state index in [2.05, 4.69) is 12.6 Å². The van der Waals surface area contributed by atoms with Crippen molar-refractivity contribution in [3.8, 4) is 11.5 Å². The van der Waals surface area contributed by atoms with Crippen LogP contribution < -0.4 is 9.47 Å². The lowest BCUT2D eigenvalue weighted by Gasteiger charge is -2.46. The Hall–Kier alpha value is -2.49. The second-order valence-electron chi connectivity index (χ2n) is 7.98. The molecule has 2 aliphatic rings. The van der Waals surface area contributed by atoms with Crippen molar-refractivity contribution in [2.45, 2.75) is 43.4 Å². The van der Waals surface area contributed by atoms with Crippen LogP contribution in [0.3, 0.4) is 0 Å². The first kappa shape index (κ1) is 22.7. The Kier molecular flexibility index (Phi) is 6.00. The van der Waals surface area contributed by atoms with E-state index in [1.807, 2.05) is 0 Å². The third-order valence-electron chi connectivity index (χ3n) is 6.26. The summed E-state index contributed by atoms with van der Waals surface area (Å²) in [5.74, 6) is -11.5. The number of amides is 1. The predicted molar refractivity (Wildman–Crippen MR) is 108 cm³/mol. The molecule has 0 aliphatic carbocycles. The number of hydrogen-bond donors (Lipinski definition) is 1. The van der Waals surface area contributed by atoms with Crippen LogP contribution in [0.1, 0.15) is 31.2 Å². The zero-order valence-corrected chi connectivity index (χ0v) is 17.9. The second-order valence-corrected chi connectivity index (χ2v) is 8.29. The summed E-state index contributed by atoms with van der Waals surface area (Å²) < 4.78 is 81.1. The Bertz CT molecular complexity index is 1010. The van der Waals surface area contributed by atoms with Crippen LogP contribution >= 0.6 is 12.6 Å². The monoisotopic (exact) mass is 473 g/mol. The van der Waals surface area contributed by atoms with Crippen molar-refractivity contribution in [1.29, 1.82) is 0 Å². The number of rotatable bonds is 5. The summed E-state index contributed by atoms with van der Waals surface area (Å²) in [5, 5.41) is 0. The van der Waals surface area contributed by atoms with E-state index in [0.29, 0.717) is 24.2 Å². The normalized spacial score (nSPS) is 24.5. The number of benzene rings is 2. The number of carbonyl (C=O) groups excluding carboxylic acids is 1. The Morgan fingerprint density at radius 1 is 0.969 bits per heavy atom. The summed E-state index contributed by atoms with van der Waals surface area (Å²) in [5.41, 5.74) is -0.929. The van der Waals surface area contributed by atoms with Gasteiger partial charge < -0.3 is 14.4 Å². The molecule has 10 heteroatoms. The minimum absolute atomic E-state index is 0.00103. The smallest absolute Gasteiger partial charge is 0.232 e. The van der Waals surface area contributed by atoms with E-state index in [1.165, 1.54) is 7.11 Å². The molecule has 2 aromatic rings. The maximum Gasteiger partial charge on any atom is 0.232 e. The zero-order chi connectivity index (χ0) is 23.2. The van der Waals surface area contributed by atoms with Gasteiger partial charge in [0, 0.05) is 24.9 Å². The lowest BCUT2D eigenvalue weighted by molar-refractivity contribution is -0.137. The zero-order valence-electron chi connectivity index (χ0n) is 17.0. The molecule has 0 aromatic heterocycles. The summed E-state index contributed by atoms with van der Waals surface area (Å²) in [4.78, 5) is 14.1. The molecule has 2 bridgehead atoms. The van der Waals surface area contributed by atoms with E-state index in [-0.39, 0.29) is 36.6 Å². The fraction of sp³-hybridized carbons (Fsp3) is 0.409. The molecule has 2 fully saturated rings. The largest absolute Gasteiger partial charge is 0.497 e. The van der Waals surface area contributed by atoms with Crippen molar-refractivity contribution in [3.05, 3.63) is 58.9 Å². The van der Waals surface area contributed by atoms with E-state index >= 15 is 0 Å². The van der Waals surface area contributed by atoms with E-state index in [0.717, 1.165) is 0 Å². The van der Waals surface area contributed by atoms with Crippen LogP contribution in [-0.4, -0.2) is 35.8 Å². The quantitative estimate of drug-likeness (QED) is 0.295. The molecule has 0 saturated carbocycles. The first-order valence-electron chi connectivity index (χ1n) is 9.99. The first-order valence-corrected chi connectivity index (χ1v) is 10.6. The molecule has 4 rings (SSSR count). The topological polar surface area (TPSA) is 38.8 Å². The molecule has 2 heterocycles. The van der Waals surface area contributed by atoms with Gasteiger partial charge in [0.15, 0.2) is 5.75 Å². The molecule has 0 N–H and O–H groups in total. The highest BCUT2D eigenvalue weighted by molar-refractivity contribution is 7.81. The highest BCUT2D eigenvalue weighted by atomic mass is 32.1. The highest BCUT2D eigenvalue weighted by Crippen LogP contribution is 2.49. The minimum atomic E-state index is -2.25. The molecule has 2 saturated heterocycles. The third kappa shape index (κ3) is 3.58. The van der Waals surface area contributed by atoms with Crippen LogP contribution in [0.4, 0.5) is 22.0 Å². The van der Waals surface area contributed by atoms with Gasteiger partial charge in [-0.05, 0) is 30.5 Å². The van der Waals surface area contributed by atoms with Gasteiger partial charge in [0.25, 0.3) is 0 Å². The molecule has 2 unspecified atom stereocenters. The Labute approximate surface area is 186 Å². The lowest BCUT2D eigenvalue weighted by atomic mass is 9.80. The Morgan fingerprint density at radius 3 is 1.94 bits per heavy atom. The number of piperidine rings is 1. The lowest BCUT2D eigenvalue weighted by Crippen LogP contribution is -2.54. The number of carbonyl (C=O) groups is 1. The van der Waals surface area contributed by atoms with Gasteiger partial charge in [0.1, 0.15) is 11.4 Å². The molecule has 172 valence electrons. The van der Waals surface area contributed by atoms with Crippen molar-refractivity contribution in [3.63, 3.8) is 0 Å². The maximum absolute atomic E-state index is 14.5. The van der Waals surface area contributed by atoms with Crippen LogP contribution in [0.5, 0.6) is 11.5 Å². The summed E-state index contributed by atoms with van der Waals surface area (Å²) >= 11 is 4.05. The predicted octanol–water partition coefficient (Wildman–Crippen LogP) is 4.75. The standard InChI is InChI=1S/C22H20F5NO3S/c1-30-14-6-2-11(3-7-14)22(8-12-4-5-13(9-22)28(12)15(29)10-32)31-21-19(26)17(24)16(23)18(25)20(21)27/h2-3,6-7,12-13,32H,4-5,8-10H2,1H3. The summed E-state index contributed by atoms with van der Waals surface area (Å²) in [6.45, 7) is 0. The van der Waals surface area contributed by atoms with Gasteiger partial charge in [0.05, 0.1) is 12.9 Å². The van der Waals surface area contributed by atoms with Gasteiger partial charge in [0.2, 0.25) is 35.0 Å². The van der Waals surface area contributed by atoms with Gasteiger partial charge in [-0.2, -0.15) is 21.4 Å². The van der Waals surface area contributed by atoms with Crippen LogP contribution in [0, 0.1) is 29.1 Å². The van der Waals surface area contributed by atoms with Crippen molar-refractivity contribution >= 4 is 18.5 Å². The van der Waals surface area contributed by atoms with E-state index in [9.17, 15) is 26.7 Å². The average molecular weight is 473 g/mol. The SMILES string of the molecule is COc1ccc(C2(Oc3c(F)c(F)c(F)c(F)c3F)CC3CCC(C2)N3C(=O)CS)cc1. The van der Waals surface area contributed by atoms with Crippen LogP contribution in [0.2, 0.25) is 0 Å². The van der Waals surface area contributed by atoms with Crippen LogP contribution in [0.25, 0.3) is 0 Å². The van der Waals surface area contributed by atoms with Gasteiger partial charge in [-0.15, -0.1) is 0 Å². The van der Waals surface area contributed by atoms with Crippen molar-refractivity contribution in [2.24, 2.45) is 0 Å². The Morgan fingerprint density at radius 2 is 1.47 bits per heavy atom. The molecule has 2 aromatic carbocycles. The molecule has 0 radical (unpaired) electrons. The number of nitrogens with zero attached hydrogens (tertiary/aromatic N) is 1. The van der Waals surface area contributed by atoms with E-state index in [1.54, 1.807) is 29.2 Å². The van der Waals surface area contributed by atoms with Gasteiger partial charge in [-0.3, -0.25) is 4.79 Å². The van der Waals surface area contributed by atoms with E-state index in [4.69, 9.17) is 9.47 Å². The molecular formula is C22H20F5NO3S. The van der Waals surface area contributed by atoms with Gasteiger partial charge in [-0.1, -0.05) is 12.1 Å². The second kappa shape index (κ2) is 8.46. The summed E-state index contributed by atoms with van der Waals surface area (Å²) in [6, 6.07) is 5.84. The number of ether oxygens (including phenoxy) is 2. The molecule has 1 amide bonds. The molecular weight excluding hydrogens is 453 g/mol. The maximum atomic E-state index is 14.5. The van der Waals surface area contributed by atoms with E-state index < -0.39 is 40.4 Å². The van der Waals surface area contributed by atoms with Gasteiger partial charge in [-0.25, -0.2) is 13.2 Å². The van der Waals surface area contributed by atoms with Crippen molar-refractivity contribution < 1.29 is 36.2 Å². The van der Waals surface area contributed by atoms with Gasteiger partial charge >= 0.3 is 0 Å². The molecule has 2 aliphatic heterocycles. The number of fused-ring (bicyclic) bond motifs is 2. The average Bonchev–Trinajstić information content (AvgIpc) is 3.09. The fourth-order valence-corrected chi connectivity index (χ4v) is 5.00. The first-order chi connectivity index (χ1) is 15.2. The molecule has 32 heavy (non-hydrogen) atoms. The highest BCUT2D eigenvalue weighted by Gasteiger charge is 2.53. The van der Waals surface area contributed by atoms with Crippen molar-refractivity contribution in [1.82, 2.24) is 4.90 Å².